The maximum Gasteiger partial charge on any atom is 0.193 e. The molecule has 2 N–H and O–H groups in total. The molecule has 29 heavy (non-hydrogen) atoms. The van der Waals surface area contributed by atoms with Gasteiger partial charge >= 0.3 is 0 Å². The van der Waals surface area contributed by atoms with Crippen molar-refractivity contribution in [1.82, 2.24) is 4.90 Å². The first-order valence-corrected chi connectivity index (χ1v) is 10.0. The minimum absolute atomic E-state index is 0.0198. The Bertz CT molecular complexity index is 1050. The topological polar surface area (TPSA) is 83.1 Å². The van der Waals surface area contributed by atoms with Gasteiger partial charge in [0.25, 0.3) is 0 Å². The molecule has 6 heteroatoms. The predicted molar refractivity (Wildman–Crippen MR) is 112 cm³/mol. The molecule has 3 aromatic rings. The molecule has 6 nitrogen and oxygen atoms in total. The quantitative estimate of drug-likeness (QED) is 0.611. The van der Waals surface area contributed by atoms with E-state index in [0.717, 1.165) is 26.1 Å². The summed E-state index contributed by atoms with van der Waals surface area (Å²) in [5.74, 6) is 0.887. The Morgan fingerprint density at radius 2 is 1.79 bits per heavy atom. The smallest absolute Gasteiger partial charge is 0.193 e. The second-order valence-electron chi connectivity index (χ2n) is 7.48. The molecule has 0 saturated carbocycles. The first-order chi connectivity index (χ1) is 14.1. The number of likely N-dealkylation sites (tertiary alicyclic amines) is 1. The van der Waals surface area contributed by atoms with Gasteiger partial charge in [-0.25, -0.2) is 0 Å². The zero-order valence-corrected chi connectivity index (χ0v) is 16.3. The third kappa shape index (κ3) is 4.71. The van der Waals surface area contributed by atoms with Crippen LogP contribution in [0.15, 0.2) is 51.7 Å². The summed E-state index contributed by atoms with van der Waals surface area (Å²) in [6.07, 6.45) is 4.77. The van der Waals surface area contributed by atoms with Gasteiger partial charge in [0, 0.05) is 30.3 Å². The van der Waals surface area contributed by atoms with Gasteiger partial charge in [0.05, 0.1) is 12.0 Å². The summed E-state index contributed by atoms with van der Waals surface area (Å²) in [7, 11) is 0. The van der Waals surface area contributed by atoms with E-state index in [2.05, 4.69) is 4.90 Å². The van der Waals surface area contributed by atoms with E-state index < -0.39 is 0 Å². The SMILES string of the molecule is O=c1cc(-c2cc(O)cc(OCCCN3CCCCC3)c2)oc2cc(O)ccc12. The van der Waals surface area contributed by atoms with Crippen molar-refractivity contribution in [2.24, 2.45) is 0 Å². The van der Waals surface area contributed by atoms with Crippen LogP contribution in [0.25, 0.3) is 22.3 Å². The lowest BCUT2D eigenvalue weighted by Gasteiger charge is -2.26. The lowest BCUT2D eigenvalue weighted by atomic mass is 10.1. The van der Waals surface area contributed by atoms with E-state index in [1.54, 1.807) is 12.1 Å². The summed E-state index contributed by atoms with van der Waals surface area (Å²) in [4.78, 5) is 14.8. The minimum atomic E-state index is -0.214. The number of phenols is 2. The Balaban J connectivity index is 1.49. The highest BCUT2D eigenvalue weighted by molar-refractivity contribution is 5.80. The van der Waals surface area contributed by atoms with Crippen molar-refractivity contribution in [2.75, 3.05) is 26.2 Å². The molecule has 4 rings (SSSR count). The molecule has 1 aromatic heterocycles. The Morgan fingerprint density at radius 1 is 0.966 bits per heavy atom. The molecule has 2 heterocycles. The van der Waals surface area contributed by atoms with Gasteiger partial charge in [-0.05, 0) is 56.6 Å². The monoisotopic (exact) mass is 395 g/mol. The molecule has 0 bridgehead atoms. The minimum Gasteiger partial charge on any atom is -0.508 e. The first-order valence-electron chi connectivity index (χ1n) is 10.0. The molecule has 0 unspecified atom stereocenters. The van der Waals surface area contributed by atoms with Gasteiger partial charge in [-0.15, -0.1) is 0 Å². The number of aromatic hydroxyl groups is 2. The molecule has 2 aromatic carbocycles. The fourth-order valence-corrected chi connectivity index (χ4v) is 3.76. The third-order valence-electron chi connectivity index (χ3n) is 5.22. The molecule has 0 radical (unpaired) electrons. The number of benzene rings is 2. The molecule has 1 aliphatic rings. The average molecular weight is 395 g/mol. The Labute approximate surface area is 169 Å². The van der Waals surface area contributed by atoms with Gasteiger partial charge in [0.1, 0.15) is 28.6 Å². The number of rotatable bonds is 6. The maximum atomic E-state index is 12.4. The Morgan fingerprint density at radius 3 is 2.62 bits per heavy atom. The van der Waals surface area contributed by atoms with Crippen LogP contribution in [0.4, 0.5) is 0 Å². The van der Waals surface area contributed by atoms with Gasteiger partial charge in [0.15, 0.2) is 5.43 Å². The molecule has 0 aliphatic carbocycles. The fourth-order valence-electron chi connectivity index (χ4n) is 3.76. The summed E-state index contributed by atoms with van der Waals surface area (Å²) >= 11 is 0. The van der Waals surface area contributed by atoms with Crippen LogP contribution in [-0.4, -0.2) is 41.4 Å². The zero-order valence-electron chi connectivity index (χ0n) is 16.3. The predicted octanol–water partition coefficient (Wildman–Crippen LogP) is 4.13. The van der Waals surface area contributed by atoms with Crippen LogP contribution in [0.3, 0.4) is 0 Å². The van der Waals surface area contributed by atoms with Crippen LogP contribution in [0.5, 0.6) is 17.2 Å². The molecule has 0 atom stereocenters. The summed E-state index contributed by atoms with van der Waals surface area (Å²) < 4.78 is 11.6. The summed E-state index contributed by atoms with van der Waals surface area (Å²) in [5.41, 5.74) is 0.617. The van der Waals surface area contributed by atoms with Crippen molar-refractivity contribution in [2.45, 2.75) is 25.7 Å². The van der Waals surface area contributed by atoms with Crippen LogP contribution < -0.4 is 10.2 Å². The van der Waals surface area contributed by atoms with Crippen molar-refractivity contribution < 1.29 is 19.4 Å². The molecule has 1 fully saturated rings. The molecule has 0 spiro atoms. The Hall–Kier alpha value is -2.99. The fraction of sp³-hybridized carbons (Fsp3) is 0.348. The van der Waals surface area contributed by atoms with Crippen molar-refractivity contribution >= 4 is 11.0 Å². The van der Waals surface area contributed by atoms with E-state index in [0.29, 0.717) is 34.6 Å². The number of hydrogen-bond donors (Lipinski definition) is 2. The summed E-state index contributed by atoms with van der Waals surface area (Å²) in [6, 6.07) is 10.6. The summed E-state index contributed by atoms with van der Waals surface area (Å²) in [6.45, 7) is 3.88. The van der Waals surface area contributed by atoms with Crippen LogP contribution in [0, 0.1) is 0 Å². The van der Waals surface area contributed by atoms with Crippen LogP contribution >= 0.6 is 0 Å². The van der Waals surface area contributed by atoms with Crippen molar-refractivity contribution in [3.8, 4) is 28.6 Å². The molecular formula is C23H25NO5. The first kappa shape index (κ1) is 19.3. The van der Waals surface area contributed by atoms with Crippen LogP contribution in [0.2, 0.25) is 0 Å². The van der Waals surface area contributed by atoms with E-state index >= 15 is 0 Å². The number of fused-ring (bicyclic) bond motifs is 1. The number of phenolic OH excluding ortho intramolecular Hbond substituents is 2. The average Bonchev–Trinajstić information content (AvgIpc) is 2.71. The lowest BCUT2D eigenvalue weighted by Crippen LogP contribution is -2.31. The highest BCUT2D eigenvalue weighted by Gasteiger charge is 2.12. The number of hydrogen-bond acceptors (Lipinski definition) is 6. The number of piperidine rings is 1. The van der Waals surface area contributed by atoms with E-state index in [1.165, 1.54) is 49.6 Å². The highest BCUT2D eigenvalue weighted by atomic mass is 16.5. The number of ether oxygens (including phenoxy) is 1. The maximum absolute atomic E-state index is 12.4. The van der Waals surface area contributed by atoms with E-state index in [4.69, 9.17) is 9.15 Å². The van der Waals surface area contributed by atoms with Crippen molar-refractivity contribution in [1.29, 1.82) is 0 Å². The number of nitrogens with zero attached hydrogens (tertiary/aromatic N) is 1. The van der Waals surface area contributed by atoms with Gasteiger partial charge in [0.2, 0.25) is 0 Å². The standard InChI is InChI=1S/C23H25NO5/c25-17-5-6-20-21(27)15-22(29-23(20)14-17)16-11-18(26)13-19(12-16)28-10-4-9-24-7-2-1-3-8-24/h5-6,11-15,25-26H,1-4,7-10H2. The van der Waals surface area contributed by atoms with Gasteiger partial charge in [-0.2, -0.15) is 0 Å². The van der Waals surface area contributed by atoms with Gasteiger partial charge in [-0.1, -0.05) is 6.42 Å². The van der Waals surface area contributed by atoms with E-state index in [1.807, 2.05) is 0 Å². The van der Waals surface area contributed by atoms with Gasteiger partial charge in [-0.3, -0.25) is 4.79 Å². The Kier molecular flexibility index (Phi) is 5.71. The second kappa shape index (κ2) is 8.57. The molecule has 152 valence electrons. The second-order valence-corrected chi connectivity index (χ2v) is 7.48. The van der Waals surface area contributed by atoms with Crippen LogP contribution in [-0.2, 0) is 0 Å². The van der Waals surface area contributed by atoms with E-state index in [-0.39, 0.29) is 16.9 Å². The molecule has 1 aliphatic heterocycles. The van der Waals surface area contributed by atoms with Crippen molar-refractivity contribution in [3.05, 3.63) is 52.7 Å². The third-order valence-corrected chi connectivity index (χ3v) is 5.22. The van der Waals surface area contributed by atoms with Gasteiger partial charge < -0.3 is 24.3 Å². The lowest BCUT2D eigenvalue weighted by molar-refractivity contribution is 0.205. The largest absolute Gasteiger partial charge is 0.508 e. The molecular weight excluding hydrogens is 370 g/mol. The molecule has 1 saturated heterocycles. The zero-order chi connectivity index (χ0) is 20.2. The highest BCUT2D eigenvalue weighted by Crippen LogP contribution is 2.31. The van der Waals surface area contributed by atoms with Crippen LogP contribution in [0.1, 0.15) is 25.7 Å². The van der Waals surface area contributed by atoms with Crippen molar-refractivity contribution in [3.63, 3.8) is 0 Å². The molecule has 0 amide bonds. The summed E-state index contributed by atoms with van der Waals surface area (Å²) in [5, 5.41) is 20.1. The normalized spacial score (nSPS) is 14.9. The van der Waals surface area contributed by atoms with E-state index in [9.17, 15) is 15.0 Å².